The predicted octanol–water partition coefficient (Wildman–Crippen LogP) is 5.06. The van der Waals surface area contributed by atoms with Gasteiger partial charge in [-0.25, -0.2) is 0 Å². The second kappa shape index (κ2) is 11.0. The molecule has 3 aromatic rings. The SMILES string of the molecule is CCCn1c(=NC(=O)c2cc(OCC)c(OCC)c(OCC)c2)sc2cc(OC)ccc21. The number of fused-ring (bicyclic) bond motifs is 1. The van der Waals surface area contributed by atoms with Crippen LogP contribution in [0.3, 0.4) is 0 Å². The summed E-state index contributed by atoms with van der Waals surface area (Å²) in [4.78, 5) is 18.3. The summed E-state index contributed by atoms with van der Waals surface area (Å²) < 4.78 is 25.6. The van der Waals surface area contributed by atoms with Crippen LogP contribution in [-0.4, -0.2) is 37.4 Å². The lowest BCUT2D eigenvalue weighted by molar-refractivity contribution is 0.0996. The van der Waals surface area contributed by atoms with Crippen molar-refractivity contribution in [3.63, 3.8) is 0 Å². The third-order valence-corrected chi connectivity index (χ3v) is 5.73. The number of methoxy groups -OCH3 is 1. The largest absolute Gasteiger partial charge is 0.497 e. The maximum atomic E-state index is 13.2. The van der Waals surface area contributed by atoms with Crippen LogP contribution < -0.4 is 23.7 Å². The lowest BCUT2D eigenvalue weighted by atomic mass is 10.1. The summed E-state index contributed by atoms with van der Waals surface area (Å²) in [7, 11) is 1.64. The van der Waals surface area contributed by atoms with Crippen molar-refractivity contribution in [1.82, 2.24) is 4.57 Å². The third-order valence-electron chi connectivity index (χ3n) is 4.69. The molecule has 0 saturated heterocycles. The molecule has 0 saturated carbocycles. The Labute approximate surface area is 192 Å². The van der Waals surface area contributed by atoms with Crippen LogP contribution in [-0.2, 0) is 6.54 Å². The number of thiazole rings is 1. The smallest absolute Gasteiger partial charge is 0.279 e. The van der Waals surface area contributed by atoms with Gasteiger partial charge in [0.1, 0.15) is 5.75 Å². The quantitative estimate of drug-likeness (QED) is 0.425. The van der Waals surface area contributed by atoms with Crippen LogP contribution in [0.5, 0.6) is 23.0 Å². The molecule has 0 aliphatic heterocycles. The molecule has 1 aromatic heterocycles. The molecule has 32 heavy (non-hydrogen) atoms. The minimum atomic E-state index is -0.363. The normalized spacial score (nSPS) is 11.6. The van der Waals surface area contributed by atoms with Crippen LogP contribution in [0, 0.1) is 0 Å². The molecule has 7 nitrogen and oxygen atoms in total. The van der Waals surface area contributed by atoms with Gasteiger partial charge in [0.25, 0.3) is 5.91 Å². The van der Waals surface area contributed by atoms with Crippen molar-refractivity contribution in [1.29, 1.82) is 0 Å². The minimum absolute atomic E-state index is 0.363. The van der Waals surface area contributed by atoms with E-state index in [1.165, 1.54) is 11.3 Å². The van der Waals surface area contributed by atoms with E-state index in [0.29, 0.717) is 47.4 Å². The second-order valence-corrected chi connectivity index (χ2v) is 7.90. The Morgan fingerprint density at radius 3 is 2.19 bits per heavy atom. The highest BCUT2D eigenvalue weighted by Crippen LogP contribution is 2.39. The molecule has 8 heteroatoms. The summed E-state index contributed by atoms with van der Waals surface area (Å²) in [6.07, 6.45) is 0.922. The van der Waals surface area contributed by atoms with E-state index >= 15 is 0 Å². The van der Waals surface area contributed by atoms with Gasteiger partial charge in [0.15, 0.2) is 16.3 Å². The zero-order valence-electron chi connectivity index (χ0n) is 19.3. The van der Waals surface area contributed by atoms with Crippen LogP contribution in [0.25, 0.3) is 10.2 Å². The van der Waals surface area contributed by atoms with Crippen molar-refractivity contribution >= 4 is 27.5 Å². The molecule has 0 aliphatic carbocycles. The minimum Gasteiger partial charge on any atom is -0.497 e. The number of rotatable bonds is 10. The fourth-order valence-corrected chi connectivity index (χ4v) is 4.45. The van der Waals surface area contributed by atoms with E-state index in [2.05, 4.69) is 16.5 Å². The van der Waals surface area contributed by atoms with Crippen molar-refractivity contribution in [2.75, 3.05) is 26.9 Å². The van der Waals surface area contributed by atoms with Crippen molar-refractivity contribution < 1.29 is 23.7 Å². The van der Waals surface area contributed by atoms with Crippen LogP contribution in [0.2, 0.25) is 0 Å². The first-order chi connectivity index (χ1) is 15.6. The highest BCUT2D eigenvalue weighted by atomic mass is 32.1. The molecule has 0 bridgehead atoms. The Kier molecular flexibility index (Phi) is 8.16. The van der Waals surface area contributed by atoms with Crippen LogP contribution >= 0.6 is 11.3 Å². The first-order valence-electron chi connectivity index (χ1n) is 10.9. The number of nitrogens with zero attached hydrogens (tertiary/aromatic N) is 2. The van der Waals surface area contributed by atoms with Crippen molar-refractivity contribution in [3.8, 4) is 23.0 Å². The molecule has 0 atom stereocenters. The summed E-state index contributed by atoms with van der Waals surface area (Å²) in [6.45, 7) is 9.85. The lowest BCUT2D eigenvalue weighted by Crippen LogP contribution is -2.17. The molecule has 2 aromatic carbocycles. The highest BCUT2D eigenvalue weighted by molar-refractivity contribution is 7.16. The standard InChI is InChI=1S/C24H30N2O5S/c1-6-12-26-18-11-10-17(28-5)15-21(18)32-24(26)25-23(27)16-13-19(29-7-2)22(31-9-4)20(14-16)30-8-3/h10-11,13-15H,6-9,12H2,1-5H3. The van der Waals surface area contributed by atoms with Gasteiger partial charge in [-0.2, -0.15) is 4.99 Å². The Morgan fingerprint density at radius 1 is 0.969 bits per heavy atom. The highest BCUT2D eigenvalue weighted by Gasteiger charge is 2.19. The van der Waals surface area contributed by atoms with Gasteiger partial charge >= 0.3 is 0 Å². The van der Waals surface area contributed by atoms with E-state index in [0.717, 1.165) is 28.9 Å². The molecule has 0 aliphatic rings. The van der Waals surface area contributed by atoms with E-state index in [-0.39, 0.29) is 5.91 Å². The monoisotopic (exact) mass is 458 g/mol. The number of aryl methyl sites for hydroxylation is 1. The molecule has 1 heterocycles. The first kappa shape index (κ1) is 23.7. The fraction of sp³-hybridized carbons (Fsp3) is 0.417. The Bertz CT molecular complexity index is 1120. The van der Waals surface area contributed by atoms with E-state index in [4.69, 9.17) is 18.9 Å². The van der Waals surface area contributed by atoms with Gasteiger partial charge < -0.3 is 23.5 Å². The van der Waals surface area contributed by atoms with Crippen molar-refractivity contribution in [2.45, 2.75) is 40.7 Å². The molecule has 0 N–H and O–H groups in total. The predicted molar refractivity (Wildman–Crippen MR) is 127 cm³/mol. The number of carbonyl (C=O) groups excluding carboxylic acids is 1. The number of amides is 1. The summed E-state index contributed by atoms with van der Waals surface area (Å²) in [5.74, 6) is 1.86. The molecular formula is C24H30N2O5S. The summed E-state index contributed by atoms with van der Waals surface area (Å²) in [5, 5.41) is 0. The fourth-order valence-electron chi connectivity index (χ4n) is 3.37. The Morgan fingerprint density at radius 2 is 1.62 bits per heavy atom. The van der Waals surface area contributed by atoms with Gasteiger partial charge in [-0.3, -0.25) is 4.79 Å². The van der Waals surface area contributed by atoms with Gasteiger partial charge in [0.2, 0.25) is 5.75 Å². The zero-order chi connectivity index (χ0) is 23.1. The summed E-state index contributed by atoms with van der Waals surface area (Å²) in [6, 6.07) is 9.22. The molecule has 1 amide bonds. The molecule has 3 rings (SSSR count). The van der Waals surface area contributed by atoms with Crippen molar-refractivity contribution in [2.24, 2.45) is 4.99 Å². The molecular weight excluding hydrogens is 428 g/mol. The molecule has 0 spiro atoms. The Hall–Kier alpha value is -3.00. The van der Waals surface area contributed by atoms with Gasteiger partial charge in [-0.1, -0.05) is 18.3 Å². The van der Waals surface area contributed by atoms with Crippen LogP contribution in [0.15, 0.2) is 35.3 Å². The zero-order valence-corrected chi connectivity index (χ0v) is 20.1. The summed E-state index contributed by atoms with van der Waals surface area (Å²) >= 11 is 1.46. The molecule has 0 fully saturated rings. The lowest BCUT2D eigenvalue weighted by Gasteiger charge is -2.16. The number of carbonyl (C=O) groups is 1. The second-order valence-electron chi connectivity index (χ2n) is 6.89. The van der Waals surface area contributed by atoms with E-state index in [9.17, 15) is 4.79 Å². The van der Waals surface area contributed by atoms with Gasteiger partial charge in [0.05, 0.1) is 37.1 Å². The van der Waals surface area contributed by atoms with Gasteiger partial charge in [-0.15, -0.1) is 0 Å². The van der Waals surface area contributed by atoms with E-state index in [1.54, 1.807) is 19.2 Å². The average Bonchev–Trinajstić information content (AvgIpc) is 3.12. The topological polar surface area (TPSA) is 71.3 Å². The maximum absolute atomic E-state index is 13.2. The van der Waals surface area contributed by atoms with E-state index < -0.39 is 0 Å². The Balaban J connectivity index is 2.12. The third kappa shape index (κ3) is 5.07. The average molecular weight is 459 g/mol. The number of hydrogen-bond acceptors (Lipinski definition) is 6. The van der Waals surface area contributed by atoms with Gasteiger partial charge in [-0.05, 0) is 57.5 Å². The van der Waals surface area contributed by atoms with Crippen LogP contribution in [0.1, 0.15) is 44.5 Å². The number of ether oxygens (including phenoxy) is 4. The molecule has 0 radical (unpaired) electrons. The first-order valence-corrected chi connectivity index (χ1v) is 11.7. The number of benzene rings is 2. The van der Waals surface area contributed by atoms with Crippen molar-refractivity contribution in [3.05, 3.63) is 40.7 Å². The summed E-state index contributed by atoms with van der Waals surface area (Å²) in [5.41, 5.74) is 1.42. The van der Waals surface area contributed by atoms with E-state index in [1.807, 2.05) is 39.0 Å². The maximum Gasteiger partial charge on any atom is 0.279 e. The molecule has 172 valence electrons. The van der Waals surface area contributed by atoms with Crippen LogP contribution in [0.4, 0.5) is 0 Å². The number of hydrogen-bond donors (Lipinski definition) is 0. The molecule has 0 unspecified atom stereocenters. The number of aromatic nitrogens is 1. The van der Waals surface area contributed by atoms with Gasteiger partial charge in [0, 0.05) is 12.1 Å².